The van der Waals surface area contributed by atoms with Crippen molar-refractivity contribution in [2.24, 2.45) is 5.73 Å². The van der Waals surface area contributed by atoms with E-state index in [4.69, 9.17) is 10.5 Å². The Morgan fingerprint density at radius 3 is 2.87 bits per heavy atom. The maximum atomic E-state index is 11.9. The highest BCUT2D eigenvalue weighted by Gasteiger charge is 2.34. The quantitative estimate of drug-likeness (QED) is 0.689. The van der Waals surface area contributed by atoms with Crippen LogP contribution in [0.15, 0.2) is 0 Å². The van der Waals surface area contributed by atoms with Crippen molar-refractivity contribution in [1.29, 1.82) is 0 Å². The molecule has 0 radical (unpaired) electrons. The molecule has 1 aliphatic heterocycles. The molecule has 1 saturated heterocycles. The monoisotopic (exact) mass is 215 g/mol. The highest BCUT2D eigenvalue weighted by atomic mass is 16.5. The van der Waals surface area contributed by atoms with Crippen LogP contribution in [0.25, 0.3) is 0 Å². The number of hydrogen-bond acceptors (Lipinski definition) is 3. The Morgan fingerprint density at radius 1 is 1.67 bits per heavy atom. The molecular weight excluding hydrogens is 194 g/mol. The normalized spacial score (nSPS) is 22.3. The fraction of sp³-hybridized carbons (Fsp3) is 0.900. The first-order valence-corrected chi connectivity index (χ1v) is 5.33. The second-order valence-electron chi connectivity index (χ2n) is 4.60. The molecule has 1 fully saturated rings. The lowest BCUT2D eigenvalue weighted by molar-refractivity contribution is -0.0281. The van der Waals surface area contributed by atoms with E-state index in [-0.39, 0.29) is 17.6 Å². The zero-order valence-corrected chi connectivity index (χ0v) is 9.75. The first-order valence-electron chi connectivity index (χ1n) is 5.33. The fourth-order valence-electron chi connectivity index (χ4n) is 1.58. The summed E-state index contributed by atoms with van der Waals surface area (Å²) in [6.45, 7) is 8.17. The van der Waals surface area contributed by atoms with Gasteiger partial charge in [0.15, 0.2) is 0 Å². The summed E-state index contributed by atoms with van der Waals surface area (Å²) in [5.74, 6) is 0. The van der Waals surface area contributed by atoms with Crippen molar-refractivity contribution >= 4 is 6.03 Å². The van der Waals surface area contributed by atoms with Gasteiger partial charge in [0.05, 0.1) is 18.8 Å². The maximum Gasteiger partial charge on any atom is 0.318 e. The fourth-order valence-corrected chi connectivity index (χ4v) is 1.58. The minimum atomic E-state index is -0.239. The first-order chi connectivity index (χ1) is 6.97. The largest absolute Gasteiger partial charge is 0.377 e. The highest BCUT2D eigenvalue weighted by molar-refractivity contribution is 5.75. The molecule has 88 valence electrons. The number of rotatable bonds is 2. The summed E-state index contributed by atoms with van der Waals surface area (Å²) in [5, 5.41) is 2.86. The first kappa shape index (κ1) is 12.3. The van der Waals surface area contributed by atoms with Gasteiger partial charge in [-0.15, -0.1) is 0 Å². The van der Waals surface area contributed by atoms with Crippen molar-refractivity contribution in [2.45, 2.75) is 32.4 Å². The molecule has 0 aliphatic carbocycles. The molecule has 5 nitrogen and oxygen atoms in total. The number of ether oxygens (including phenoxy) is 1. The Kier molecular flexibility index (Phi) is 3.93. The molecule has 15 heavy (non-hydrogen) atoms. The highest BCUT2D eigenvalue weighted by Crippen LogP contribution is 2.18. The zero-order valence-electron chi connectivity index (χ0n) is 9.75. The lowest BCUT2D eigenvalue weighted by atomic mass is 10.0. The van der Waals surface area contributed by atoms with Gasteiger partial charge in [0, 0.05) is 19.1 Å². The van der Waals surface area contributed by atoms with Crippen molar-refractivity contribution in [3.05, 3.63) is 0 Å². The molecule has 1 atom stereocenters. The number of urea groups is 1. The molecule has 0 spiro atoms. The average Bonchev–Trinajstić information content (AvgIpc) is 2.16. The molecule has 2 amide bonds. The Bertz CT molecular complexity index is 231. The minimum Gasteiger partial charge on any atom is -0.377 e. The van der Waals surface area contributed by atoms with Gasteiger partial charge in [-0.25, -0.2) is 4.79 Å². The molecule has 0 bridgehead atoms. The van der Waals surface area contributed by atoms with Gasteiger partial charge in [-0.3, -0.25) is 0 Å². The third-order valence-corrected chi connectivity index (χ3v) is 2.61. The van der Waals surface area contributed by atoms with Gasteiger partial charge in [-0.05, 0) is 20.8 Å². The topological polar surface area (TPSA) is 67.6 Å². The van der Waals surface area contributed by atoms with E-state index in [0.717, 1.165) is 0 Å². The summed E-state index contributed by atoms with van der Waals surface area (Å²) in [6, 6.07) is -0.0441. The van der Waals surface area contributed by atoms with E-state index in [0.29, 0.717) is 26.3 Å². The second-order valence-corrected chi connectivity index (χ2v) is 4.60. The molecule has 0 aromatic carbocycles. The molecule has 0 aromatic rings. The summed E-state index contributed by atoms with van der Waals surface area (Å²) in [7, 11) is 0. The summed E-state index contributed by atoms with van der Waals surface area (Å²) in [5.41, 5.74) is 5.22. The summed E-state index contributed by atoms with van der Waals surface area (Å²) >= 11 is 0. The number of carbonyl (C=O) groups is 1. The molecule has 1 aliphatic rings. The Labute approximate surface area is 90.9 Å². The van der Waals surface area contributed by atoms with E-state index in [9.17, 15) is 4.79 Å². The third-order valence-electron chi connectivity index (χ3n) is 2.61. The zero-order chi connectivity index (χ0) is 11.5. The molecule has 0 aromatic heterocycles. The van der Waals surface area contributed by atoms with E-state index in [1.807, 2.05) is 25.7 Å². The number of nitrogens with one attached hydrogen (secondary N) is 1. The van der Waals surface area contributed by atoms with Crippen LogP contribution in [0.5, 0.6) is 0 Å². The van der Waals surface area contributed by atoms with Crippen LogP contribution in [-0.2, 0) is 4.74 Å². The summed E-state index contributed by atoms with van der Waals surface area (Å²) in [4.78, 5) is 13.7. The van der Waals surface area contributed by atoms with Crippen LogP contribution in [0.4, 0.5) is 4.79 Å². The molecular formula is C10H21N3O2. The van der Waals surface area contributed by atoms with Crippen LogP contribution in [0.1, 0.15) is 20.8 Å². The Hall–Kier alpha value is -0.810. The van der Waals surface area contributed by atoms with E-state index >= 15 is 0 Å². The SMILES string of the molecule is CC(CN)NC(=O)N1CCOCC1(C)C. The number of nitrogens with two attached hydrogens (primary N) is 1. The van der Waals surface area contributed by atoms with Crippen molar-refractivity contribution in [2.75, 3.05) is 26.3 Å². The van der Waals surface area contributed by atoms with Crippen molar-refractivity contribution < 1.29 is 9.53 Å². The van der Waals surface area contributed by atoms with Crippen LogP contribution < -0.4 is 11.1 Å². The lowest BCUT2D eigenvalue weighted by Crippen LogP contribution is -2.59. The molecule has 1 unspecified atom stereocenters. The van der Waals surface area contributed by atoms with Crippen LogP contribution in [-0.4, -0.2) is 48.8 Å². The predicted octanol–water partition coefficient (Wildman–Crippen LogP) is 0.154. The molecule has 0 saturated carbocycles. The smallest absolute Gasteiger partial charge is 0.318 e. The van der Waals surface area contributed by atoms with Crippen LogP contribution >= 0.6 is 0 Å². The number of amides is 2. The van der Waals surface area contributed by atoms with Gasteiger partial charge in [-0.1, -0.05) is 0 Å². The third kappa shape index (κ3) is 3.07. The number of nitrogens with zero attached hydrogens (tertiary/aromatic N) is 1. The number of morpholine rings is 1. The van der Waals surface area contributed by atoms with Crippen LogP contribution in [0, 0.1) is 0 Å². The van der Waals surface area contributed by atoms with Gasteiger partial charge >= 0.3 is 6.03 Å². The van der Waals surface area contributed by atoms with Gasteiger partial charge in [-0.2, -0.15) is 0 Å². The van der Waals surface area contributed by atoms with Crippen molar-refractivity contribution in [3.8, 4) is 0 Å². The Balaban J connectivity index is 2.57. The van der Waals surface area contributed by atoms with Crippen LogP contribution in [0.3, 0.4) is 0 Å². The predicted molar refractivity (Wildman–Crippen MR) is 58.7 cm³/mol. The van der Waals surface area contributed by atoms with Gasteiger partial charge in [0.1, 0.15) is 0 Å². The maximum absolute atomic E-state index is 11.9. The van der Waals surface area contributed by atoms with E-state index in [2.05, 4.69) is 5.32 Å². The van der Waals surface area contributed by atoms with E-state index in [1.165, 1.54) is 0 Å². The minimum absolute atomic E-state index is 0.0103. The van der Waals surface area contributed by atoms with Gasteiger partial charge < -0.3 is 20.7 Å². The summed E-state index contributed by atoms with van der Waals surface area (Å²) < 4.78 is 5.35. The number of carbonyl (C=O) groups excluding carboxylic acids is 1. The molecule has 1 rings (SSSR count). The van der Waals surface area contributed by atoms with Crippen molar-refractivity contribution in [3.63, 3.8) is 0 Å². The lowest BCUT2D eigenvalue weighted by Gasteiger charge is -2.42. The Morgan fingerprint density at radius 2 is 2.33 bits per heavy atom. The number of hydrogen-bond donors (Lipinski definition) is 2. The van der Waals surface area contributed by atoms with Gasteiger partial charge in [0.2, 0.25) is 0 Å². The molecule has 1 heterocycles. The van der Waals surface area contributed by atoms with E-state index in [1.54, 1.807) is 0 Å². The van der Waals surface area contributed by atoms with Crippen LogP contribution in [0.2, 0.25) is 0 Å². The standard InChI is InChI=1S/C10H21N3O2/c1-8(6-11)12-9(14)13-4-5-15-7-10(13,2)3/h8H,4-7,11H2,1-3H3,(H,12,14). The average molecular weight is 215 g/mol. The van der Waals surface area contributed by atoms with Gasteiger partial charge in [0.25, 0.3) is 0 Å². The second kappa shape index (κ2) is 4.81. The van der Waals surface area contributed by atoms with Crippen molar-refractivity contribution in [1.82, 2.24) is 10.2 Å². The molecule has 5 heteroatoms. The van der Waals surface area contributed by atoms with E-state index < -0.39 is 0 Å². The summed E-state index contributed by atoms with van der Waals surface area (Å²) in [6.07, 6.45) is 0. The molecule has 3 N–H and O–H groups in total.